The number of carbonyl (C=O) groups is 1. The Morgan fingerprint density at radius 3 is 2.60 bits per heavy atom. The third-order valence-corrected chi connectivity index (χ3v) is 2.38. The molecule has 84 valence electrons. The summed E-state index contributed by atoms with van der Waals surface area (Å²) in [5.74, 6) is 0.0369. The number of imidazole rings is 1. The van der Waals surface area contributed by atoms with Crippen molar-refractivity contribution in [2.45, 2.75) is 25.9 Å². The Morgan fingerprint density at radius 2 is 2.13 bits per heavy atom. The number of hydrogen-bond acceptors (Lipinski definition) is 3. The highest BCUT2D eigenvalue weighted by Crippen LogP contribution is 2.16. The number of amides is 1. The molecule has 1 rings (SSSR count). The summed E-state index contributed by atoms with van der Waals surface area (Å²) >= 11 is 0. The van der Waals surface area contributed by atoms with Crippen molar-refractivity contribution < 1.29 is 4.79 Å². The molecule has 5 heteroatoms. The van der Waals surface area contributed by atoms with Crippen molar-refractivity contribution in [3.05, 3.63) is 18.2 Å². The summed E-state index contributed by atoms with van der Waals surface area (Å²) in [7, 11) is 3.47. The van der Waals surface area contributed by atoms with Crippen molar-refractivity contribution in [3.63, 3.8) is 0 Å². The van der Waals surface area contributed by atoms with Crippen LogP contribution in [0.2, 0.25) is 0 Å². The molecule has 0 radical (unpaired) electrons. The Morgan fingerprint density at radius 1 is 1.53 bits per heavy atom. The predicted octanol–water partition coefficient (Wildman–Crippen LogP) is 0.552. The maximum Gasteiger partial charge on any atom is 0.244 e. The molecule has 2 N–H and O–H groups in total. The molecule has 0 saturated carbocycles. The summed E-state index contributed by atoms with van der Waals surface area (Å²) in [5, 5.41) is 0. The molecule has 0 saturated heterocycles. The molecule has 0 aliphatic heterocycles. The van der Waals surface area contributed by atoms with Crippen molar-refractivity contribution in [1.82, 2.24) is 14.5 Å². The third-order valence-electron chi connectivity index (χ3n) is 2.38. The molecule has 1 aromatic rings. The first-order chi connectivity index (χ1) is 6.95. The smallest absolute Gasteiger partial charge is 0.244 e. The fraction of sp³-hybridized carbons (Fsp3) is 0.600. The van der Waals surface area contributed by atoms with Crippen LogP contribution < -0.4 is 5.73 Å². The van der Waals surface area contributed by atoms with E-state index in [-0.39, 0.29) is 18.0 Å². The highest BCUT2D eigenvalue weighted by Gasteiger charge is 2.19. The van der Waals surface area contributed by atoms with Gasteiger partial charge in [-0.05, 0) is 13.8 Å². The molecule has 1 heterocycles. The fourth-order valence-corrected chi connectivity index (χ4v) is 1.48. The Hall–Kier alpha value is -1.36. The van der Waals surface area contributed by atoms with E-state index in [0.29, 0.717) is 0 Å². The Bertz CT molecular complexity index is 343. The van der Waals surface area contributed by atoms with E-state index in [2.05, 4.69) is 4.98 Å². The third kappa shape index (κ3) is 2.36. The van der Waals surface area contributed by atoms with Gasteiger partial charge in [-0.1, -0.05) is 0 Å². The second-order valence-electron chi connectivity index (χ2n) is 3.92. The van der Waals surface area contributed by atoms with Gasteiger partial charge in [0.2, 0.25) is 5.91 Å². The van der Waals surface area contributed by atoms with Gasteiger partial charge in [-0.15, -0.1) is 0 Å². The van der Waals surface area contributed by atoms with E-state index < -0.39 is 0 Å². The van der Waals surface area contributed by atoms with Gasteiger partial charge in [0, 0.05) is 26.3 Å². The van der Waals surface area contributed by atoms with Crippen LogP contribution in [0.5, 0.6) is 0 Å². The highest BCUT2D eigenvalue weighted by atomic mass is 16.2. The van der Waals surface area contributed by atoms with Gasteiger partial charge in [-0.2, -0.15) is 0 Å². The predicted molar refractivity (Wildman–Crippen MR) is 58.2 cm³/mol. The van der Waals surface area contributed by atoms with Gasteiger partial charge in [0.1, 0.15) is 6.04 Å². The minimum Gasteiger partial charge on any atom is -0.347 e. The molecule has 1 aromatic heterocycles. The van der Waals surface area contributed by atoms with Gasteiger partial charge in [-0.3, -0.25) is 4.79 Å². The molecule has 0 aliphatic carbocycles. The van der Waals surface area contributed by atoms with Gasteiger partial charge in [0.05, 0.1) is 12.0 Å². The van der Waals surface area contributed by atoms with Crippen molar-refractivity contribution in [1.29, 1.82) is 0 Å². The van der Waals surface area contributed by atoms with E-state index in [0.717, 1.165) is 5.69 Å². The monoisotopic (exact) mass is 210 g/mol. The number of hydrogen-bond donors (Lipinski definition) is 1. The number of rotatable bonds is 3. The summed E-state index contributed by atoms with van der Waals surface area (Å²) < 4.78 is 1.81. The number of nitrogens with zero attached hydrogens (tertiary/aromatic N) is 3. The summed E-state index contributed by atoms with van der Waals surface area (Å²) in [6.07, 6.45) is 3.34. The number of aromatic nitrogens is 2. The molecule has 5 nitrogen and oxygen atoms in total. The van der Waals surface area contributed by atoms with E-state index in [4.69, 9.17) is 5.73 Å². The Balaban J connectivity index is 2.96. The first-order valence-corrected chi connectivity index (χ1v) is 4.93. The molecule has 0 fully saturated rings. The summed E-state index contributed by atoms with van der Waals surface area (Å²) in [6.45, 7) is 3.72. The van der Waals surface area contributed by atoms with Crippen LogP contribution in [0.4, 0.5) is 0 Å². The largest absolute Gasteiger partial charge is 0.347 e. The van der Waals surface area contributed by atoms with Crippen LogP contribution in [-0.2, 0) is 4.79 Å². The van der Waals surface area contributed by atoms with Crippen LogP contribution in [0.1, 0.15) is 31.6 Å². The van der Waals surface area contributed by atoms with Gasteiger partial charge >= 0.3 is 0 Å². The first kappa shape index (κ1) is 11.7. The van der Waals surface area contributed by atoms with E-state index in [1.807, 2.05) is 18.4 Å². The maximum absolute atomic E-state index is 11.8. The summed E-state index contributed by atoms with van der Waals surface area (Å²) in [6, 6.07) is -0.381. The molecule has 0 aliphatic rings. The normalized spacial score (nSPS) is 14.7. The van der Waals surface area contributed by atoms with Crippen LogP contribution in [0, 0.1) is 0 Å². The van der Waals surface area contributed by atoms with Gasteiger partial charge in [0.15, 0.2) is 0 Å². The SMILES string of the molecule is CC(N)c1cncn1C(C)C(=O)N(C)C. The lowest BCUT2D eigenvalue weighted by molar-refractivity contribution is -0.131. The molecule has 15 heavy (non-hydrogen) atoms. The maximum atomic E-state index is 11.8. The molecule has 2 unspecified atom stereocenters. The van der Waals surface area contributed by atoms with E-state index >= 15 is 0 Å². The topological polar surface area (TPSA) is 64.1 Å². The van der Waals surface area contributed by atoms with Crippen molar-refractivity contribution >= 4 is 5.91 Å². The zero-order valence-electron chi connectivity index (χ0n) is 9.64. The average molecular weight is 210 g/mol. The molecular weight excluding hydrogens is 192 g/mol. The first-order valence-electron chi connectivity index (χ1n) is 4.93. The Kier molecular flexibility index (Phi) is 3.47. The molecule has 0 aromatic carbocycles. The van der Waals surface area contributed by atoms with E-state index in [9.17, 15) is 4.79 Å². The average Bonchev–Trinajstić information content (AvgIpc) is 2.63. The molecule has 2 atom stereocenters. The van der Waals surface area contributed by atoms with E-state index in [1.165, 1.54) is 0 Å². The molecule has 0 bridgehead atoms. The molecular formula is C10H18N4O. The zero-order chi connectivity index (χ0) is 11.6. The second-order valence-corrected chi connectivity index (χ2v) is 3.92. The van der Waals surface area contributed by atoms with Crippen LogP contribution in [0.25, 0.3) is 0 Å². The molecule has 1 amide bonds. The van der Waals surface area contributed by atoms with Gasteiger partial charge < -0.3 is 15.2 Å². The lowest BCUT2D eigenvalue weighted by Crippen LogP contribution is -2.31. The van der Waals surface area contributed by atoms with Gasteiger partial charge in [0.25, 0.3) is 0 Å². The van der Waals surface area contributed by atoms with Crippen molar-refractivity contribution in [3.8, 4) is 0 Å². The number of likely N-dealkylation sites (N-methyl/N-ethyl adjacent to an activating group) is 1. The van der Waals surface area contributed by atoms with E-state index in [1.54, 1.807) is 31.5 Å². The van der Waals surface area contributed by atoms with Crippen LogP contribution in [0.15, 0.2) is 12.5 Å². The van der Waals surface area contributed by atoms with Crippen LogP contribution in [0.3, 0.4) is 0 Å². The summed E-state index contributed by atoms with van der Waals surface area (Å²) in [5.41, 5.74) is 6.66. The number of nitrogens with two attached hydrogens (primary N) is 1. The van der Waals surface area contributed by atoms with Crippen LogP contribution in [-0.4, -0.2) is 34.5 Å². The number of carbonyl (C=O) groups excluding carboxylic acids is 1. The molecule has 0 spiro atoms. The van der Waals surface area contributed by atoms with Gasteiger partial charge in [-0.25, -0.2) is 4.98 Å². The second kappa shape index (κ2) is 4.44. The minimum atomic E-state index is -0.261. The lowest BCUT2D eigenvalue weighted by Gasteiger charge is -2.20. The minimum absolute atomic E-state index is 0.0369. The van der Waals surface area contributed by atoms with Crippen molar-refractivity contribution in [2.75, 3.05) is 14.1 Å². The van der Waals surface area contributed by atoms with Crippen LogP contribution >= 0.6 is 0 Å². The fourth-order valence-electron chi connectivity index (χ4n) is 1.48. The highest BCUT2D eigenvalue weighted by molar-refractivity contribution is 5.79. The summed E-state index contributed by atoms with van der Waals surface area (Å²) in [4.78, 5) is 17.3. The zero-order valence-corrected chi connectivity index (χ0v) is 9.64. The standard InChI is InChI=1S/C10H18N4O/c1-7(11)9-5-12-6-14(9)8(2)10(15)13(3)4/h5-8H,11H2,1-4H3. The Labute approximate surface area is 89.9 Å². The lowest BCUT2D eigenvalue weighted by atomic mass is 10.2. The van der Waals surface area contributed by atoms with Crippen molar-refractivity contribution in [2.24, 2.45) is 5.73 Å². The quantitative estimate of drug-likeness (QED) is 0.792.